The van der Waals surface area contributed by atoms with E-state index >= 15 is 0 Å². The van der Waals surface area contributed by atoms with E-state index in [4.69, 9.17) is 8.83 Å². The summed E-state index contributed by atoms with van der Waals surface area (Å²) in [7, 11) is 0. The van der Waals surface area contributed by atoms with Gasteiger partial charge in [-0.15, -0.1) is 0 Å². The number of anilines is 3. The van der Waals surface area contributed by atoms with E-state index in [1.54, 1.807) is 0 Å². The molecular formula is C58H37NO2. The molecule has 2 aromatic heterocycles. The molecule has 3 nitrogen and oxygen atoms in total. The molecule has 286 valence electrons. The van der Waals surface area contributed by atoms with Crippen molar-refractivity contribution < 1.29 is 8.83 Å². The first-order valence-electron chi connectivity index (χ1n) is 20.7. The molecule has 0 N–H and O–H groups in total. The van der Waals surface area contributed by atoms with Gasteiger partial charge in [0.05, 0.1) is 11.1 Å². The summed E-state index contributed by atoms with van der Waals surface area (Å²) in [6, 6.07) is 79.8. The SMILES string of the molecule is c1ccc(-c2ccc(-c3cccc4c3oc3ccc(N(c5ccc(-c6ccc7ccccc7c6)cc5)c5cccc6oc7ccc(-c8ccccc8)cc7c56)cc34)cc2)cc1. The van der Waals surface area contributed by atoms with Crippen LogP contribution in [-0.2, 0) is 0 Å². The minimum atomic E-state index is 0.841. The molecule has 0 amide bonds. The minimum absolute atomic E-state index is 0.841. The molecule has 0 fully saturated rings. The van der Waals surface area contributed by atoms with Gasteiger partial charge in [0.2, 0.25) is 0 Å². The number of para-hydroxylation sites is 1. The van der Waals surface area contributed by atoms with Crippen LogP contribution in [0.4, 0.5) is 17.1 Å². The fourth-order valence-corrected chi connectivity index (χ4v) is 9.03. The van der Waals surface area contributed by atoms with E-state index in [-0.39, 0.29) is 0 Å². The van der Waals surface area contributed by atoms with Gasteiger partial charge in [0.15, 0.2) is 0 Å². The van der Waals surface area contributed by atoms with Gasteiger partial charge in [0.1, 0.15) is 22.3 Å². The fraction of sp³-hybridized carbons (Fsp3) is 0. The van der Waals surface area contributed by atoms with Crippen LogP contribution in [-0.4, -0.2) is 0 Å². The van der Waals surface area contributed by atoms with Crippen LogP contribution in [0.5, 0.6) is 0 Å². The Morgan fingerprint density at radius 2 is 0.869 bits per heavy atom. The number of hydrogen-bond donors (Lipinski definition) is 0. The van der Waals surface area contributed by atoms with Gasteiger partial charge in [0.25, 0.3) is 0 Å². The minimum Gasteiger partial charge on any atom is -0.456 e. The van der Waals surface area contributed by atoms with Gasteiger partial charge in [-0.3, -0.25) is 0 Å². The summed E-state index contributed by atoms with van der Waals surface area (Å²) >= 11 is 0. The van der Waals surface area contributed by atoms with Crippen LogP contribution in [0, 0.1) is 0 Å². The highest BCUT2D eigenvalue weighted by atomic mass is 16.3. The van der Waals surface area contributed by atoms with Gasteiger partial charge >= 0.3 is 0 Å². The maximum atomic E-state index is 6.73. The van der Waals surface area contributed by atoms with Crippen LogP contribution in [0.1, 0.15) is 0 Å². The first-order chi connectivity index (χ1) is 30.2. The van der Waals surface area contributed by atoms with E-state index in [1.165, 1.54) is 33.0 Å². The van der Waals surface area contributed by atoms with Crippen molar-refractivity contribution in [3.05, 3.63) is 224 Å². The van der Waals surface area contributed by atoms with Crippen molar-refractivity contribution in [2.45, 2.75) is 0 Å². The summed E-state index contributed by atoms with van der Waals surface area (Å²) in [5.74, 6) is 0. The van der Waals surface area contributed by atoms with Crippen LogP contribution in [0.3, 0.4) is 0 Å². The van der Waals surface area contributed by atoms with Gasteiger partial charge in [0, 0.05) is 33.1 Å². The third-order valence-electron chi connectivity index (χ3n) is 12.1. The average Bonchev–Trinajstić information content (AvgIpc) is 3.91. The lowest BCUT2D eigenvalue weighted by molar-refractivity contribution is 0.669. The Kier molecular flexibility index (Phi) is 8.17. The van der Waals surface area contributed by atoms with Gasteiger partial charge in [-0.25, -0.2) is 0 Å². The van der Waals surface area contributed by atoms with Crippen molar-refractivity contribution in [2.24, 2.45) is 0 Å². The largest absolute Gasteiger partial charge is 0.456 e. The molecule has 0 saturated carbocycles. The number of furan rings is 2. The molecule has 0 radical (unpaired) electrons. The summed E-state index contributed by atoms with van der Waals surface area (Å²) in [5.41, 5.74) is 15.8. The number of nitrogens with zero attached hydrogens (tertiary/aromatic N) is 1. The van der Waals surface area contributed by atoms with Gasteiger partial charge in [-0.1, -0.05) is 164 Å². The van der Waals surface area contributed by atoms with Crippen molar-refractivity contribution in [3.63, 3.8) is 0 Å². The maximum Gasteiger partial charge on any atom is 0.143 e. The van der Waals surface area contributed by atoms with Gasteiger partial charge < -0.3 is 13.7 Å². The molecule has 0 spiro atoms. The highest BCUT2D eigenvalue weighted by Gasteiger charge is 2.22. The van der Waals surface area contributed by atoms with E-state index in [9.17, 15) is 0 Å². The van der Waals surface area contributed by atoms with E-state index in [0.29, 0.717) is 0 Å². The van der Waals surface area contributed by atoms with Crippen molar-refractivity contribution in [1.29, 1.82) is 0 Å². The lowest BCUT2D eigenvalue weighted by atomic mass is 9.98. The van der Waals surface area contributed by atoms with Crippen LogP contribution in [0.2, 0.25) is 0 Å². The number of fused-ring (bicyclic) bond motifs is 7. The predicted octanol–water partition coefficient (Wildman–Crippen LogP) is 16.8. The summed E-state index contributed by atoms with van der Waals surface area (Å²) < 4.78 is 13.3. The van der Waals surface area contributed by atoms with Crippen LogP contribution < -0.4 is 4.90 Å². The topological polar surface area (TPSA) is 29.5 Å². The molecule has 0 saturated heterocycles. The Morgan fingerprint density at radius 1 is 0.295 bits per heavy atom. The van der Waals surface area contributed by atoms with Crippen molar-refractivity contribution in [2.75, 3.05) is 4.90 Å². The second kappa shape index (κ2) is 14.3. The molecule has 12 aromatic rings. The number of rotatable bonds is 7. The zero-order valence-corrected chi connectivity index (χ0v) is 33.1. The highest BCUT2D eigenvalue weighted by molar-refractivity contribution is 6.15. The fourth-order valence-electron chi connectivity index (χ4n) is 9.03. The first-order valence-corrected chi connectivity index (χ1v) is 20.7. The molecule has 12 rings (SSSR count). The predicted molar refractivity (Wildman–Crippen MR) is 255 cm³/mol. The normalized spacial score (nSPS) is 11.6. The molecule has 0 aliphatic carbocycles. The summed E-state index contributed by atoms with van der Waals surface area (Å²) in [6.07, 6.45) is 0. The zero-order chi connectivity index (χ0) is 40.3. The van der Waals surface area contributed by atoms with Gasteiger partial charge in [-0.05, 0) is 110 Å². The monoisotopic (exact) mass is 779 g/mol. The van der Waals surface area contributed by atoms with Crippen LogP contribution in [0.15, 0.2) is 233 Å². The average molecular weight is 780 g/mol. The molecule has 0 aliphatic rings. The first kappa shape index (κ1) is 34.9. The smallest absolute Gasteiger partial charge is 0.143 e. The van der Waals surface area contributed by atoms with Crippen molar-refractivity contribution >= 4 is 71.7 Å². The van der Waals surface area contributed by atoms with Crippen LogP contribution in [0.25, 0.3) is 99.2 Å². The zero-order valence-electron chi connectivity index (χ0n) is 33.1. The second-order valence-electron chi connectivity index (χ2n) is 15.7. The Labute approximate surface area is 353 Å². The molecule has 0 bridgehead atoms. The summed E-state index contributed by atoms with van der Waals surface area (Å²) in [4.78, 5) is 2.36. The highest BCUT2D eigenvalue weighted by Crippen LogP contribution is 2.46. The lowest BCUT2D eigenvalue weighted by Crippen LogP contribution is -2.10. The van der Waals surface area contributed by atoms with Crippen molar-refractivity contribution in [3.8, 4) is 44.5 Å². The Bertz CT molecular complexity index is 3560. The third-order valence-corrected chi connectivity index (χ3v) is 12.1. The Morgan fingerprint density at radius 3 is 1.67 bits per heavy atom. The molecule has 10 aromatic carbocycles. The summed E-state index contributed by atoms with van der Waals surface area (Å²) in [6.45, 7) is 0. The molecule has 3 heteroatoms. The third kappa shape index (κ3) is 6.06. The molecule has 2 heterocycles. The van der Waals surface area contributed by atoms with E-state index in [0.717, 1.165) is 83.2 Å². The quantitative estimate of drug-likeness (QED) is 0.161. The second-order valence-corrected chi connectivity index (χ2v) is 15.7. The molecule has 0 atom stereocenters. The lowest BCUT2D eigenvalue weighted by Gasteiger charge is -2.26. The van der Waals surface area contributed by atoms with Crippen molar-refractivity contribution in [1.82, 2.24) is 0 Å². The van der Waals surface area contributed by atoms with Crippen LogP contribution >= 0.6 is 0 Å². The molecular weight excluding hydrogens is 743 g/mol. The number of benzene rings is 10. The Hall–Kier alpha value is -8.14. The van der Waals surface area contributed by atoms with Gasteiger partial charge in [-0.2, -0.15) is 0 Å². The maximum absolute atomic E-state index is 6.73. The molecule has 0 aliphatic heterocycles. The summed E-state index contributed by atoms with van der Waals surface area (Å²) in [5, 5.41) is 6.73. The standard InChI is InChI=1S/C58H37NO2/c1-3-11-38(12-4-1)41-21-24-43(25-22-41)49-17-9-18-50-51-37-48(32-34-54(51)61-58(49)50)59(47-30-27-42(28-31-47)45-26-23-40-15-7-8-16-44(40)35-45)53-19-10-20-56-57(53)52-36-46(29-33-55(52)60-56)39-13-5-2-6-14-39/h1-37H. The Balaban J connectivity index is 1.02. The van der Waals surface area contributed by atoms with E-state index in [1.807, 2.05) is 0 Å². The van der Waals surface area contributed by atoms with E-state index < -0.39 is 0 Å². The molecule has 61 heavy (non-hydrogen) atoms. The number of hydrogen-bond acceptors (Lipinski definition) is 3. The van der Waals surface area contributed by atoms with E-state index in [2.05, 4.69) is 229 Å². The molecule has 0 unspecified atom stereocenters.